The third-order valence-corrected chi connectivity index (χ3v) is 2.87. The highest BCUT2D eigenvalue weighted by Crippen LogP contribution is 2.32. The summed E-state index contributed by atoms with van der Waals surface area (Å²) in [6.07, 6.45) is -1.37. The highest BCUT2D eigenvalue weighted by Gasteiger charge is 2.31. The van der Waals surface area contributed by atoms with Crippen LogP contribution in [0.3, 0.4) is 0 Å². The SMILES string of the molecule is CC(Nc1cc(C(F)(F)F)ccc1F)c1ccncc1. The van der Waals surface area contributed by atoms with E-state index in [0.717, 1.165) is 23.8 Å². The number of anilines is 1. The lowest BCUT2D eigenvalue weighted by Crippen LogP contribution is -2.11. The molecule has 1 N–H and O–H groups in total. The number of hydrogen-bond donors (Lipinski definition) is 1. The van der Waals surface area contributed by atoms with Crippen molar-refractivity contribution in [3.05, 3.63) is 59.7 Å². The number of aromatic nitrogens is 1. The summed E-state index contributed by atoms with van der Waals surface area (Å²) < 4.78 is 51.4. The summed E-state index contributed by atoms with van der Waals surface area (Å²) in [6.45, 7) is 1.73. The highest BCUT2D eigenvalue weighted by atomic mass is 19.4. The van der Waals surface area contributed by atoms with E-state index in [1.165, 1.54) is 0 Å². The number of pyridine rings is 1. The van der Waals surface area contributed by atoms with Gasteiger partial charge in [-0.25, -0.2) is 4.39 Å². The molecule has 0 saturated heterocycles. The molecule has 0 amide bonds. The molecule has 0 aliphatic carbocycles. The molecule has 1 heterocycles. The van der Waals surface area contributed by atoms with Gasteiger partial charge in [-0.3, -0.25) is 4.98 Å². The van der Waals surface area contributed by atoms with Gasteiger partial charge in [0, 0.05) is 18.4 Å². The number of halogens is 4. The number of nitrogens with one attached hydrogen (secondary N) is 1. The Hall–Kier alpha value is -2.11. The molecule has 1 atom stereocenters. The topological polar surface area (TPSA) is 24.9 Å². The van der Waals surface area contributed by atoms with Gasteiger partial charge in [0.1, 0.15) is 5.82 Å². The molecule has 0 bridgehead atoms. The van der Waals surface area contributed by atoms with Crippen LogP contribution in [0.4, 0.5) is 23.2 Å². The van der Waals surface area contributed by atoms with E-state index < -0.39 is 17.6 Å². The first kappa shape index (κ1) is 14.3. The van der Waals surface area contributed by atoms with E-state index in [4.69, 9.17) is 0 Å². The molecule has 0 fully saturated rings. The lowest BCUT2D eigenvalue weighted by molar-refractivity contribution is -0.137. The third-order valence-electron chi connectivity index (χ3n) is 2.87. The summed E-state index contributed by atoms with van der Waals surface area (Å²) in [4.78, 5) is 3.85. The summed E-state index contributed by atoms with van der Waals surface area (Å²) in [5.74, 6) is -0.723. The second kappa shape index (κ2) is 5.48. The standard InChI is InChI=1S/C14H12F4N2/c1-9(10-4-6-19-7-5-10)20-13-8-11(14(16,17)18)2-3-12(13)15/h2-9,20H,1H3. The fraction of sp³-hybridized carbons (Fsp3) is 0.214. The van der Waals surface area contributed by atoms with Crippen LogP contribution in [0.2, 0.25) is 0 Å². The van der Waals surface area contributed by atoms with Crippen LogP contribution in [0.25, 0.3) is 0 Å². The number of hydrogen-bond acceptors (Lipinski definition) is 2. The van der Waals surface area contributed by atoms with Crippen molar-refractivity contribution in [1.29, 1.82) is 0 Å². The lowest BCUT2D eigenvalue weighted by Gasteiger charge is -2.17. The smallest absolute Gasteiger partial charge is 0.376 e. The van der Waals surface area contributed by atoms with Crippen molar-refractivity contribution < 1.29 is 17.6 Å². The monoisotopic (exact) mass is 284 g/mol. The minimum atomic E-state index is -4.50. The first-order valence-electron chi connectivity index (χ1n) is 5.91. The third kappa shape index (κ3) is 3.26. The maximum atomic E-state index is 13.6. The summed E-state index contributed by atoms with van der Waals surface area (Å²) in [7, 11) is 0. The molecule has 106 valence electrons. The fourth-order valence-corrected chi connectivity index (χ4v) is 1.78. The van der Waals surface area contributed by atoms with Gasteiger partial charge in [0.2, 0.25) is 0 Å². The number of alkyl halides is 3. The van der Waals surface area contributed by atoms with Crippen LogP contribution in [0.5, 0.6) is 0 Å². The van der Waals surface area contributed by atoms with Gasteiger partial charge in [-0.1, -0.05) is 0 Å². The van der Waals surface area contributed by atoms with Crippen molar-refractivity contribution in [3.8, 4) is 0 Å². The molecular weight excluding hydrogens is 272 g/mol. The Bertz CT molecular complexity index is 581. The second-order valence-corrected chi connectivity index (χ2v) is 4.34. The zero-order valence-electron chi connectivity index (χ0n) is 10.6. The van der Waals surface area contributed by atoms with Gasteiger partial charge in [-0.2, -0.15) is 13.2 Å². The maximum Gasteiger partial charge on any atom is 0.416 e. The normalized spacial score (nSPS) is 13.1. The molecule has 0 radical (unpaired) electrons. The average molecular weight is 284 g/mol. The molecule has 2 aromatic rings. The van der Waals surface area contributed by atoms with E-state index in [1.54, 1.807) is 31.5 Å². The summed E-state index contributed by atoms with van der Waals surface area (Å²) >= 11 is 0. The van der Waals surface area contributed by atoms with Crippen LogP contribution < -0.4 is 5.32 Å². The molecule has 6 heteroatoms. The van der Waals surface area contributed by atoms with Crippen LogP contribution in [0.15, 0.2) is 42.7 Å². The fourth-order valence-electron chi connectivity index (χ4n) is 1.78. The predicted octanol–water partition coefficient (Wildman–Crippen LogP) is 4.41. The molecule has 0 aliphatic rings. The molecule has 1 aromatic heterocycles. The van der Waals surface area contributed by atoms with Gasteiger partial charge in [0.05, 0.1) is 11.3 Å². The minimum Gasteiger partial charge on any atom is -0.376 e. The summed E-state index contributed by atoms with van der Waals surface area (Å²) in [5.41, 5.74) is -0.260. The predicted molar refractivity (Wildman–Crippen MR) is 67.7 cm³/mol. The molecule has 1 aromatic carbocycles. The van der Waals surface area contributed by atoms with Crippen LogP contribution in [-0.2, 0) is 6.18 Å². The van der Waals surface area contributed by atoms with Crippen LogP contribution in [0, 0.1) is 5.82 Å². The van der Waals surface area contributed by atoms with Crippen molar-refractivity contribution >= 4 is 5.69 Å². The summed E-state index contributed by atoms with van der Waals surface area (Å²) in [5, 5.41) is 2.74. The second-order valence-electron chi connectivity index (χ2n) is 4.34. The zero-order valence-corrected chi connectivity index (χ0v) is 10.6. The van der Waals surface area contributed by atoms with E-state index in [1.807, 2.05) is 0 Å². The summed E-state index contributed by atoms with van der Waals surface area (Å²) in [6, 6.07) is 5.39. The number of nitrogens with zero attached hydrogens (tertiary/aromatic N) is 1. The van der Waals surface area contributed by atoms with E-state index in [2.05, 4.69) is 10.3 Å². The van der Waals surface area contributed by atoms with E-state index in [0.29, 0.717) is 0 Å². The van der Waals surface area contributed by atoms with Crippen molar-refractivity contribution in [3.63, 3.8) is 0 Å². The molecule has 0 aliphatic heterocycles. The van der Waals surface area contributed by atoms with Gasteiger partial charge in [0.25, 0.3) is 0 Å². The molecule has 0 spiro atoms. The zero-order chi connectivity index (χ0) is 14.8. The van der Waals surface area contributed by atoms with Crippen molar-refractivity contribution in [1.82, 2.24) is 4.98 Å². The average Bonchev–Trinajstić information content (AvgIpc) is 2.41. The Morgan fingerprint density at radius 3 is 2.35 bits per heavy atom. The molecule has 2 rings (SSSR count). The Morgan fingerprint density at radius 2 is 1.75 bits per heavy atom. The van der Waals surface area contributed by atoms with Gasteiger partial charge in [-0.05, 0) is 42.8 Å². The Morgan fingerprint density at radius 1 is 1.10 bits per heavy atom. The van der Waals surface area contributed by atoms with Crippen molar-refractivity contribution in [2.45, 2.75) is 19.1 Å². The Balaban J connectivity index is 2.25. The van der Waals surface area contributed by atoms with E-state index in [9.17, 15) is 17.6 Å². The molecular formula is C14H12F4N2. The Labute approximate surface area is 113 Å². The largest absolute Gasteiger partial charge is 0.416 e. The Kier molecular flexibility index (Phi) is 3.92. The van der Waals surface area contributed by atoms with Crippen molar-refractivity contribution in [2.75, 3.05) is 5.32 Å². The minimum absolute atomic E-state index is 0.177. The van der Waals surface area contributed by atoms with Crippen LogP contribution >= 0.6 is 0 Å². The molecule has 1 unspecified atom stereocenters. The maximum absolute atomic E-state index is 13.6. The van der Waals surface area contributed by atoms with Crippen molar-refractivity contribution in [2.24, 2.45) is 0 Å². The van der Waals surface area contributed by atoms with Gasteiger partial charge < -0.3 is 5.32 Å². The number of benzene rings is 1. The van der Waals surface area contributed by atoms with E-state index in [-0.39, 0.29) is 11.7 Å². The van der Waals surface area contributed by atoms with E-state index >= 15 is 0 Å². The quantitative estimate of drug-likeness (QED) is 0.844. The number of rotatable bonds is 3. The lowest BCUT2D eigenvalue weighted by atomic mass is 10.1. The first-order valence-corrected chi connectivity index (χ1v) is 5.91. The van der Waals surface area contributed by atoms with Gasteiger partial charge in [-0.15, -0.1) is 0 Å². The molecule has 20 heavy (non-hydrogen) atoms. The highest BCUT2D eigenvalue weighted by molar-refractivity contribution is 5.49. The first-order chi connectivity index (χ1) is 9.38. The van der Waals surface area contributed by atoms with Crippen LogP contribution in [0.1, 0.15) is 24.1 Å². The van der Waals surface area contributed by atoms with Crippen LogP contribution in [-0.4, -0.2) is 4.98 Å². The van der Waals surface area contributed by atoms with Gasteiger partial charge in [0.15, 0.2) is 0 Å². The molecule has 0 saturated carbocycles. The molecule has 2 nitrogen and oxygen atoms in total. The van der Waals surface area contributed by atoms with Gasteiger partial charge >= 0.3 is 6.18 Å².